The predicted octanol–water partition coefficient (Wildman–Crippen LogP) is 0.921. The summed E-state index contributed by atoms with van der Waals surface area (Å²) in [5.41, 5.74) is 0.606. The Bertz CT molecular complexity index is 598. The second kappa shape index (κ2) is 6.55. The molecule has 1 aromatic carbocycles. The van der Waals surface area contributed by atoms with E-state index in [0.717, 1.165) is 13.0 Å². The molecule has 7 heteroatoms. The van der Waals surface area contributed by atoms with Crippen molar-refractivity contribution in [2.45, 2.75) is 31.2 Å². The van der Waals surface area contributed by atoms with E-state index >= 15 is 0 Å². The second-order valence-electron chi connectivity index (χ2n) is 5.15. The molecule has 1 aromatic rings. The molecule has 0 saturated carbocycles. The van der Waals surface area contributed by atoms with E-state index in [1.165, 1.54) is 12.1 Å². The number of amides is 1. The smallest absolute Gasteiger partial charge is 0.240 e. The van der Waals surface area contributed by atoms with E-state index in [1.54, 1.807) is 19.1 Å². The number of carbonyl (C=O) groups is 1. The molecule has 0 bridgehead atoms. The summed E-state index contributed by atoms with van der Waals surface area (Å²) >= 11 is 0. The van der Waals surface area contributed by atoms with Crippen molar-refractivity contribution in [3.05, 3.63) is 24.3 Å². The number of anilines is 1. The molecule has 1 heterocycles. The number of nitrogens with one attached hydrogen (secondary N) is 3. The van der Waals surface area contributed by atoms with Crippen LogP contribution >= 0.6 is 0 Å². The van der Waals surface area contributed by atoms with E-state index in [1.807, 2.05) is 6.92 Å². The highest BCUT2D eigenvalue weighted by atomic mass is 32.2. The molecule has 0 aliphatic carbocycles. The van der Waals surface area contributed by atoms with E-state index in [-0.39, 0.29) is 22.8 Å². The van der Waals surface area contributed by atoms with Gasteiger partial charge in [0.2, 0.25) is 15.9 Å². The standard InChI is InChI=1S/C14H21N3O3S/c1-3-16-21(19,20)12-6-4-11(5-7-12)17-14(18)13-8-9-15-10(13)2/h4-7,10,13,15-16H,3,8-9H2,1-2H3,(H,17,18). The summed E-state index contributed by atoms with van der Waals surface area (Å²) in [6.07, 6.45) is 0.819. The van der Waals surface area contributed by atoms with Gasteiger partial charge >= 0.3 is 0 Å². The van der Waals surface area contributed by atoms with Crippen LogP contribution in [0.3, 0.4) is 0 Å². The van der Waals surface area contributed by atoms with Crippen LogP contribution in [0.1, 0.15) is 20.3 Å². The summed E-state index contributed by atoms with van der Waals surface area (Å²) in [6, 6.07) is 6.36. The van der Waals surface area contributed by atoms with Crippen LogP contribution in [0.2, 0.25) is 0 Å². The maximum absolute atomic E-state index is 12.1. The number of sulfonamides is 1. The summed E-state index contributed by atoms with van der Waals surface area (Å²) in [6.45, 7) is 4.90. The third kappa shape index (κ3) is 3.81. The lowest BCUT2D eigenvalue weighted by atomic mass is 10.0. The zero-order valence-electron chi connectivity index (χ0n) is 12.2. The lowest BCUT2D eigenvalue weighted by Crippen LogP contribution is -2.32. The molecule has 0 aromatic heterocycles. The van der Waals surface area contributed by atoms with Gasteiger partial charge in [-0.25, -0.2) is 13.1 Å². The molecule has 2 unspecified atom stereocenters. The Hall–Kier alpha value is -1.44. The highest BCUT2D eigenvalue weighted by Gasteiger charge is 2.29. The molecule has 116 valence electrons. The van der Waals surface area contributed by atoms with Gasteiger partial charge in [0.05, 0.1) is 10.8 Å². The molecule has 1 aliphatic rings. The number of benzene rings is 1. The zero-order valence-corrected chi connectivity index (χ0v) is 13.0. The van der Waals surface area contributed by atoms with Crippen LogP contribution in [-0.4, -0.2) is 33.5 Å². The van der Waals surface area contributed by atoms with Crippen molar-refractivity contribution in [1.82, 2.24) is 10.0 Å². The van der Waals surface area contributed by atoms with Crippen molar-refractivity contribution >= 4 is 21.6 Å². The fourth-order valence-electron chi connectivity index (χ4n) is 2.44. The Labute approximate surface area is 125 Å². The van der Waals surface area contributed by atoms with Crippen molar-refractivity contribution in [1.29, 1.82) is 0 Å². The van der Waals surface area contributed by atoms with Gasteiger partial charge in [-0.2, -0.15) is 0 Å². The van der Waals surface area contributed by atoms with Gasteiger partial charge < -0.3 is 10.6 Å². The summed E-state index contributed by atoms with van der Waals surface area (Å²) < 4.78 is 26.0. The molecule has 0 radical (unpaired) electrons. The number of hydrogen-bond acceptors (Lipinski definition) is 4. The van der Waals surface area contributed by atoms with E-state index in [2.05, 4.69) is 15.4 Å². The highest BCUT2D eigenvalue weighted by Crippen LogP contribution is 2.19. The van der Waals surface area contributed by atoms with Gasteiger partial charge in [0.1, 0.15) is 0 Å². The first-order chi connectivity index (χ1) is 9.94. The minimum absolute atomic E-state index is 0.0326. The van der Waals surface area contributed by atoms with Crippen LogP contribution in [0.25, 0.3) is 0 Å². The average molecular weight is 311 g/mol. The van der Waals surface area contributed by atoms with Crippen molar-refractivity contribution < 1.29 is 13.2 Å². The number of hydrogen-bond donors (Lipinski definition) is 3. The molecule has 21 heavy (non-hydrogen) atoms. The molecular weight excluding hydrogens is 290 g/mol. The van der Waals surface area contributed by atoms with Crippen LogP contribution < -0.4 is 15.4 Å². The Balaban J connectivity index is 2.04. The molecule has 1 amide bonds. The van der Waals surface area contributed by atoms with Gasteiger partial charge in [0.25, 0.3) is 0 Å². The fraction of sp³-hybridized carbons (Fsp3) is 0.500. The molecule has 1 aliphatic heterocycles. The van der Waals surface area contributed by atoms with E-state index in [9.17, 15) is 13.2 Å². The lowest BCUT2D eigenvalue weighted by molar-refractivity contribution is -0.120. The van der Waals surface area contributed by atoms with Gasteiger partial charge in [-0.15, -0.1) is 0 Å². The van der Waals surface area contributed by atoms with Crippen LogP contribution in [0.4, 0.5) is 5.69 Å². The molecule has 3 N–H and O–H groups in total. The largest absolute Gasteiger partial charge is 0.326 e. The molecule has 1 fully saturated rings. The zero-order chi connectivity index (χ0) is 15.5. The molecule has 2 atom stereocenters. The molecule has 6 nitrogen and oxygen atoms in total. The van der Waals surface area contributed by atoms with Gasteiger partial charge in [-0.3, -0.25) is 4.79 Å². The summed E-state index contributed by atoms with van der Waals surface area (Å²) in [7, 11) is -3.45. The number of carbonyl (C=O) groups excluding carboxylic acids is 1. The Morgan fingerprint density at radius 1 is 1.33 bits per heavy atom. The van der Waals surface area contributed by atoms with Gasteiger partial charge in [0, 0.05) is 18.3 Å². The van der Waals surface area contributed by atoms with Crippen LogP contribution in [0.15, 0.2) is 29.2 Å². The van der Waals surface area contributed by atoms with E-state index < -0.39 is 10.0 Å². The summed E-state index contributed by atoms with van der Waals surface area (Å²) in [5.74, 6) is -0.0787. The topological polar surface area (TPSA) is 87.3 Å². The monoisotopic (exact) mass is 311 g/mol. The Morgan fingerprint density at radius 2 is 2.00 bits per heavy atom. The van der Waals surface area contributed by atoms with Crippen molar-refractivity contribution in [2.24, 2.45) is 5.92 Å². The third-order valence-corrected chi connectivity index (χ3v) is 5.19. The van der Waals surface area contributed by atoms with E-state index in [4.69, 9.17) is 0 Å². The van der Waals surface area contributed by atoms with Crippen LogP contribution in [0.5, 0.6) is 0 Å². The normalized spacial score (nSPS) is 22.2. The molecular formula is C14H21N3O3S. The summed E-state index contributed by atoms with van der Waals surface area (Å²) in [5, 5.41) is 6.06. The summed E-state index contributed by atoms with van der Waals surface area (Å²) in [4.78, 5) is 12.3. The van der Waals surface area contributed by atoms with Crippen molar-refractivity contribution in [3.8, 4) is 0 Å². The molecule has 0 spiro atoms. The van der Waals surface area contributed by atoms with Gasteiger partial charge in [-0.05, 0) is 44.2 Å². The first-order valence-corrected chi connectivity index (χ1v) is 8.56. The van der Waals surface area contributed by atoms with Crippen LogP contribution in [0, 0.1) is 5.92 Å². The Morgan fingerprint density at radius 3 is 2.52 bits per heavy atom. The first kappa shape index (κ1) is 15.9. The van der Waals surface area contributed by atoms with Crippen molar-refractivity contribution in [2.75, 3.05) is 18.4 Å². The first-order valence-electron chi connectivity index (χ1n) is 7.08. The SMILES string of the molecule is CCNS(=O)(=O)c1ccc(NC(=O)C2CCNC2C)cc1. The second-order valence-corrected chi connectivity index (χ2v) is 6.92. The third-order valence-electron chi connectivity index (χ3n) is 3.63. The fourth-order valence-corrected chi connectivity index (χ4v) is 3.48. The van der Waals surface area contributed by atoms with Crippen molar-refractivity contribution in [3.63, 3.8) is 0 Å². The highest BCUT2D eigenvalue weighted by molar-refractivity contribution is 7.89. The maximum Gasteiger partial charge on any atom is 0.240 e. The minimum atomic E-state index is -3.45. The van der Waals surface area contributed by atoms with Gasteiger partial charge in [0.15, 0.2) is 0 Å². The number of rotatable bonds is 5. The van der Waals surface area contributed by atoms with Crippen LogP contribution in [-0.2, 0) is 14.8 Å². The predicted molar refractivity (Wildman–Crippen MR) is 81.5 cm³/mol. The average Bonchev–Trinajstić information content (AvgIpc) is 2.85. The maximum atomic E-state index is 12.1. The van der Waals surface area contributed by atoms with E-state index in [0.29, 0.717) is 12.2 Å². The molecule has 2 rings (SSSR count). The lowest BCUT2D eigenvalue weighted by Gasteiger charge is -2.15. The molecule has 1 saturated heterocycles. The quantitative estimate of drug-likeness (QED) is 0.754. The Kier molecular flexibility index (Phi) is 4.97. The minimum Gasteiger partial charge on any atom is -0.326 e. The van der Waals surface area contributed by atoms with Gasteiger partial charge in [-0.1, -0.05) is 6.92 Å².